The summed E-state index contributed by atoms with van der Waals surface area (Å²) in [6, 6.07) is -0.713. The molecular weight excluding hydrogens is 228 g/mol. The van der Waals surface area contributed by atoms with E-state index in [1.54, 1.807) is 13.8 Å². The molecular formula is C9H16N4O4. The lowest BCUT2D eigenvalue weighted by Crippen LogP contribution is -2.34. The Balaban J connectivity index is 0.000000304. The molecule has 0 saturated carbocycles. The first-order valence-corrected chi connectivity index (χ1v) is 4.77. The van der Waals surface area contributed by atoms with Crippen molar-refractivity contribution < 1.29 is 19.8 Å². The summed E-state index contributed by atoms with van der Waals surface area (Å²) >= 11 is 0. The summed E-state index contributed by atoms with van der Waals surface area (Å²) in [4.78, 5) is 20.1. The number of nitrogens with one attached hydrogen (secondary N) is 1. The summed E-state index contributed by atoms with van der Waals surface area (Å²) in [7, 11) is 0. The van der Waals surface area contributed by atoms with Crippen molar-refractivity contribution in [2.75, 3.05) is 5.73 Å². The van der Waals surface area contributed by atoms with Gasteiger partial charge in [0.2, 0.25) is 0 Å². The summed E-state index contributed by atoms with van der Waals surface area (Å²) in [5.41, 5.74) is 10.4. The Morgan fingerprint density at radius 3 is 2.06 bits per heavy atom. The third-order valence-corrected chi connectivity index (χ3v) is 1.89. The Morgan fingerprint density at radius 1 is 1.41 bits per heavy atom. The Hall–Kier alpha value is -2.09. The smallest absolute Gasteiger partial charge is 0.356 e. The normalized spacial score (nSPS) is 11.5. The van der Waals surface area contributed by atoms with Crippen LogP contribution in [-0.4, -0.2) is 38.4 Å². The van der Waals surface area contributed by atoms with Crippen LogP contribution in [0.15, 0.2) is 6.20 Å². The van der Waals surface area contributed by atoms with Gasteiger partial charge in [-0.15, -0.1) is 0 Å². The van der Waals surface area contributed by atoms with Crippen molar-refractivity contribution in [3.63, 3.8) is 0 Å². The first kappa shape index (κ1) is 14.9. The molecule has 1 atom stereocenters. The quantitative estimate of drug-likeness (QED) is 0.490. The van der Waals surface area contributed by atoms with Gasteiger partial charge < -0.3 is 21.7 Å². The van der Waals surface area contributed by atoms with E-state index in [1.165, 1.54) is 6.20 Å². The molecule has 1 heterocycles. The predicted molar refractivity (Wildman–Crippen MR) is 60.4 cm³/mol. The second-order valence-electron chi connectivity index (χ2n) is 3.61. The van der Waals surface area contributed by atoms with Crippen LogP contribution in [-0.2, 0) is 4.79 Å². The SMILES string of the molecule is CC(C)[C@H](N)C(=O)O.Nc1cn[nH]c1C(=O)O. The fourth-order valence-corrected chi connectivity index (χ4v) is 0.752. The van der Waals surface area contributed by atoms with Crippen LogP contribution in [0.5, 0.6) is 0 Å². The summed E-state index contributed by atoms with van der Waals surface area (Å²) in [5.74, 6) is -2.00. The first-order valence-electron chi connectivity index (χ1n) is 4.77. The van der Waals surface area contributed by atoms with Gasteiger partial charge in [0.1, 0.15) is 6.04 Å². The number of hydrogen-bond donors (Lipinski definition) is 5. The lowest BCUT2D eigenvalue weighted by Gasteiger charge is -2.07. The third kappa shape index (κ3) is 4.98. The van der Waals surface area contributed by atoms with Gasteiger partial charge in [0, 0.05) is 0 Å². The van der Waals surface area contributed by atoms with Gasteiger partial charge in [0.05, 0.1) is 11.9 Å². The van der Waals surface area contributed by atoms with Crippen molar-refractivity contribution in [2.24, 2.45) is 11.7 Å². The average Bonchev–Trinajstić information content (AvgIpc) is 2.64. The lowest BCUT2D eigenvalue weighted by molar-refractivity contribution is -0.139. The summed E-state index contributed by atoms with van der Waals surface area (Å²) < 4.78 is 0. The third-order valence-electron chi connectivity index (χ3n) is 1.89. The van der Waals surface area contributed by atoms with E-state index in [1.807, 2.05) is 0 Å². The summed E-state index contributed by atoms with van der Waals surface area (Å²) in [6.45, 7) is 3.55. The Kier molecular flexibility index (Phi) is 5.69. The minimum absolute atomic E-state index is 0.0208. The number of hydrogen-bond acceptors (Lipinski definition) is 5. The van der Waals surface area contributed by atoms with Crippen molar-refractivity contribution >= 4 is 17.6 Å². The molecule has 1 rings (SSSR count). The number of carboxylic acids is 2. The molecule has 0 amide bonds. The van der Waals surface area contributed by atoms with Crippen molar-refractivity contribution in [1.82, 2.24) is 10.2 Å². The molecule has 8 heteroatoms. The maximum atomic E-state index is 10.1. The van der Waals surface area contributed by atoms with Crippen LogP contribution < -0.4 is 11.5 Å². The monoisotopic (exact) mass is 244 g/mol. The number of aromatic amines is 1. The van der Waals surface area contributed by atoms with Crippen molar-refractivity contribution in [1.29, 1.82) is 0 Å². The van der Waals surface area contributed by atoms with Crippen LogP contribution in [0.4, 0.5) is 5.69 Å². The number of carboxylic acid groups (broad SMARTS) is 2. The molecule has 96 valence electrons. The van der Waals surface area contributed by atoms with Gasteiger partial charge >= 0.3 is 11.9 Å². The first-order chi connectivity index (χ1) is 7.77. The van der Waals surface area contributed by atoms with Crippen molar-refractivity contribution in [2.45, 2.75) is 19.9 Å². The van der Waals surface area contributed by atoms with Crippen LogP contribution in [0.3, 0.4) is 0 Å². The minimum atomic E-state index is -1.09. The van der Waals surface area contributed by atoms with Crippen molar-refractivity contribution in [3.8, 4) is 0 Å². The van der Waals surface area contributed by atoms with Crippen LogP contribution in [0.2, 0.25) is 0 Å². The highest BCUT2D eigenvalue weighted by Gasteiger charge is 2.14. The molecule has 7 N–H and O–H groups in total. The van der Waals surface area contributed by atoms with Crippen LogP contribution in [0.25, 0.3) is 0 Å². The van der Waals surface area contributed by atoms with Crippen LogP contribution in [0.1, 0.15) is 24.3 Å². The van der Waals surface area contributed by atoms with Gasteiger partial charge in [0.15, 0.2) is 5.69 Å². The van der Waals surface area contributed by atoms with Gasteiger partial charge in [0.25, 0.3) is 0 Å². The molecule has 0 aromatic carbocycles. The minimum Gasteiger partial charge on any atom is -0.480 e. The van der Waals surface area contributed by atoms with E-state index in [9.17, 15) is 9.59 Å². The maximum Gasteiger partial charge on any atom is 0.356 e. The molecule has 0 bridgehead atoms. The Labute approximate surface area is 97.6 Å². The molecule has 0 radical (unpaired) electrons. The van der Waals surface area contributed by atoms with Gasteiger partial charge in [-0.25, -0.2) is 4.79 Å². The second-order valence-corrected chi connectivity index (χ2v) is 3.61. The largest absolute Gasteiger partial charge is 0.480 e. The maximum absolute atomic E-state index is 10.1. The molecule has 0 unspecified atom stereocenters. The zero-order valence-corrected chi connectivity index (χ0v) is 9.54. The second kappa shape index (κ2) is 6.48. The number of nitrogens with two attached hydrogens (primary N) is 2. The fourth-order valence-electron chi connectivity index (χ4n) is 0.752. The van der Waals surface area contributed by atoms with Gasteiger partial charge in [-0.05, 0) is 5.92 Å². The zero-order valence-electron chi connectivity index (χ0n) is 9.54. The van der Waals surface area contributed by atoms with Gasteiger partial charge in [-0.3, -0.25) is 9.89 Å². The number of carbonyl (C=O) groups is 2. The zero-order chi connectivity index (χ0) is 13.6. The number of H-pyrrole nitrogens is 1. The number of nitrogen functional groups attached to an aromatic ring is 1. The van der Waals surface area contributed by atoms with E-state index in [2.05, 4.69) is 10.2 Å². The molecule has 0 aliphatic heterocycles. The molecule has 1 aromatic rings. The number of aromatic carboxylic acids is 1. The van der Waals surface area contributed by atoms with Crippen LogP contribution in [0, 0.1) is 5.92 Å². The average molecular weight is 244 g/mol. The summed E-state index contributed by atoms with van der Waals surface area (Å²) in [5, 5.41) is 22.2. The van der Waals surface area contributed by atoms with E-state index in [0.29, 0.717) is 0 Å². The highest BCUT2D eigenvalue weighted by atomic mass is 16.4. The highest BCUT2D eigenvalue weighted by Crippen LogP contribution is 2.03. The molecule has 0 spiro atoms. The molecule has 0 aliphatic rings. The Bertz CT molecular complexity index is 388. The molecule has 0 fully saturated rings. The number of aliphatic carboxylic acids is 1. The highest BCUT2D eigenvalue weighted by molar-refractivity contribution is 5.90. The van der Waals surface area contributed by atoms with E-state index in [-0.39, 0.29) is 17.3 Å². The van der Waals surface area contributed by atoms with Crippen molar-refractivity contribution in [3.05, 3.63) is 11.9 Å². The number of aromatic nitrogens is 2. The van der Waals surface area contributed by atoms with Gasteiger partial charge in [-0.2, -0.15) is 5.10 Å². The standard InChI is InChI=1S/C5H11NO2.C4H5N3O2/c1-3(2)4(6)5(7)8;5-2-1-6-7-3(2)4(8)9/h3-4H,6H2,1-2H3,(H,7,8);1H,5H2,(H,6,7)(H,8,9)/t4-;/m0./s1. The van der Waals surface area contributed by atoms with E-state index in [4.69, 9.17) is 21.7 Å². The number of anilines is 1. The molecule has 8 nitrogen and oxygen atoms in total. The van der Waals surface area contributed by atoms with E-state index >= 15 is 0 Å². The van der Waals surface area contributed by atoms with E-state index in [0.717, 1.165) is 0 Å². The Morgan fingerprint density at radius 2 is 1.94 bits per heavy atom. The van der Waals surface area contributed by atoms with E-state index < -0.39 is 18.0 Å². The lowest BCUT2D eigenvalue weighted by atomic mass is 10.1. The number of nitrogens with zero attached hydrogens (tertiary/aromatic N) is 1. The topological polar surface area (TPSA) is 155 Å². The van der Waals surface area contributed by atoms with Crippen LogP contribution >= 0.6 is 0 Å². The summed E-state index contributed by atoms with van der Waals surface area (Å²) in [6.07, 6.45) is 1.25. The molecule has 17 heavy (non-hydrogen) atoms. The molecule has 0 aliphatic carbocycles. The number of rotatable bonds is 3. The fraction of sp³-hybridized carbons (Fsp3) is 0.444. The molecule has 0 saturated heterocycles. The van der Waals surface area contributed by atoms with Gasteiger partial charge in [-0.1, -0.05) is 13.8 Å². The predicted octanol–water partition coefficient (Wildman–Crippen LogP) is -0.256. The molecule has 1 aromatic heterocycles.